The van der Waals surface area contributed by atoms with Crippen LogP contribution in [0.2, 0.25) is 0 Å². The molecule has 0 fully saturated rings. The summed E-state index contributed by atoms with van der Waals surface area (Å²) >= 11 is 0. The number of halogens is 2. The molecule has 0 aliphatic heterocycles. The van der Waals surface area contributed by atoms with Crippen LogP contribution in [0.3, 0.4) is 0 Å². The number of ether oxygens (including phenoxy) is 1. The van der Waals surface area contributed by atoms with Crippen LogP contribution >= 0.6 is 0 Å². The summed E-state index contributed by atoms with van der Waals surface area (Å²) in [6.45, 7) is 1.74. The van der Waals surface area contributed by atoms with Crippen molar-refractivity contribution in [3.63, 3.8) is 0 Å². The van der Waals surface area contributed by atoms with Gasteiger partial charge >= 0.3 is 5.97 Å². The van der Waals surface area contributed by atoms with Crippen LogP contribution in [0.5, 0.6) is 0 Å². The number of pyridine rings is 1. The Balaban J connectivity index is 1.69. The van der Waals surface area contributed by atoms with Crippen molar-refractivity contribution >= 4 is 16.9 Å². The molecular weight excluding hydrogens is 312 g/mol. The molecule has 0 bridgehead atoms. The van der Waals surface area contributed by atoms with Crippen LogP contribution in [0, 0.1) is 11.6 Å². The number of carbonyl (C=O) groups is 1. The van der Waals surface area contributed by atoms with Gasteiger partial charge in [-0.25, -0.2) is 8.78 Å². The molecule has 3 nitrogen and oxygen atoms in total. The van der Waals surface area contributed by atoms with Crippen molar-refractivity contribution in [2.45, 2.75) is 19.4 Å². The fraction of sp³-hybridized carbons (Fsp3) is 0.158. The first-order valence-electron chi connectivity index (χ1n) is 7.51. The van der Waals surface area contributed by atoms with E-state index >= 15 is 0 Å². The molecule has 3 rings (SSSR count). The van der Waals surface area contributed by atoms with Gasteiger partial charge in [0.2, 0.25) is 0 Å². The lowest BCUT2D eigenvalue weighted by molar-refractivity contribution is -0.147. The van der Waals surface area contributed by atoms with Crippen molar-refractivity contribution in [1.82, 2.24) is 4.98 Å². The first-order chi connectivity index (χ1) is 11.5. The van der Waals surface area contributed by atoms with E-state index in [-0.39, 0.29) is 6.42 Å². The third-order valence-corrected chi connectivity index (χ3v) is 3.72. The van der Waals surface area contributed by atoms with Crippen LogP contribution < -0.4 is 0 Å². The number of benzene rings is 2. The van der Waals surface area contributed by atoms with E-state index in [9.17, 15) is 13.6 Å². The van der Waals surface area contributed by atoms with E-state index in [0.29, 0.717) is 5.56 Å². The number of hydrogen-bond donors (Lipinski definition) is 0. The van der Waals surface area contributed by atoms with Crippen LogP contribution in [0.15, 0.2) is 54.7 Å². The monoisotopic (exact) mass is 327 g/mol. The second-order valence-corrected chi connectivity index (χ2v) is 5.52. The fourth-order valence-electron chi connectivity index (χ4n) is 2.43. The highest BCUT2D eigenvalue weighted by atomic mass is 19.2. The minimum absolute atomic E-state index is 0.122. The highest BCUT2D eigenvalue weighted by Gasteiger charge is 2.14. The van der Waals surface area contributed by atoms with Gasteiger partial charge in [-0.15, -0.1) is 0 Å². The smallest absolute Gasteiger partial charge is 0.310 e. The maximum atomic E-state index is 13.2. The molecule has 0 aliphatic rings. The number of carbonyl (C=O) groups excluding carboxylic acids is 1. The van der Waals surface area contributed by atoms with Crippen molar-refractivity contribution in [3.8, 4) is 0 Å². The largest absolute Gasteiger partial charge is 0.457 e. The van der Waals surface area contributed by atoms with Gasteiger partial charge in [-0.3, -0.25) is 9.78 Å². The molecule has 0 radical (unpaired) electrons. The SMILES string of the molecule is C[C@H](OC(=O)Cc1ccc(F)c(F)c1)c1cnc2ccccc2c1. The molecule has 0 saturated heterocycles. The number of esters is 1. The first kappa shape index (κ1) is 16.1. The summed E-state index contributed by atoms with van der Waals surface area (Å²) < 4.78 is 31.4. The van der Waals surface area contributed by atoms with E-state index < -0.39 is 23.7 Å². The Labute approximate surface area is 137 Å². The highest BCUT2D eigenvalue weighted by molar-refractivity contribution is 5.79. The van der Waals surface area contributed by atoms with Crippen molar-refractivity contribution in [1.29, 1.82) is 0 Å². The molecule has 1 aromatic heterocycles. The summed E-state index contributed by atoms with van der Waals surface area (Å²) in [6, 6.07) is 12.9. The molecular formula is C19H15F2NO2. The number of para-hydroxylation sites is 1. The van der Waals surface area contributed by atoms with Crippen LogP contribution in [0.25, 0.3) is 10.9 Å². The summed E-state index contributed by atoms with van der Waals surface area (Å²) in [6.07, 6.45) is 1.06. The Kier molecular flexibility index (Phi) is 4.51. The summed E-state index contributed by atoms with van der Waals surface area (Å²) in [5.41, 5.74) is 2.00. The van der Waals surface area contributed by atoms with Gasteiger partial charge in [-0.2, -0.15) is 0 Å². The lowest BCUT2D eigenvalue weighted by Gasteiger charge is -2.14. The average molecular weight is 327 g/mol. The molecule has 1 heterocycles. The summed E-state index contributed by atoms with van der Waals surface area (Å²) in [4.78, 5) is 16.3. The van der Waals surface area contributed by atoms with Gasteiger partial charge in [0.15, 0.2) is 11.6 Å². The summed E-state index contributed by atoms with van der Waals surface area (Å²) in [5.74, 6) is -2.43. The quantitative estimate of drug-likeness (QED) is 0.668. The van der Waals surface area contributed by atoms with Crippen molar-refractivity contribution in [2.75, 3.05) is 0 Å². The molecule has 24 heavy (non-hydrogen) atoms. The minimum atomic E-state index is -0.980. The van der Waals surface area contributed by atoms with Gasteiger partial charge in [-0.05, 0) is 36.8 Å². The van der Waals surface area contributed by atoms with Crippen LogP contribution in [0.1, 0.15) is 24.2 Å². The number of rotatable bonds is 4. The van der Waals surface area contributed by atoms with Crippen LogP contribution in [-0.4, -0.2) is 11.0 Å². The maximum absolute atomic E-state index is 13.2. The van der Waals surface area contributed by atoms with E-state index in [0.717, 1.165) is 28.6 Å². The van der Waals surface area contributed by atoms with Gasteiger partial charge in [0.25, 0.3) is 0 Å². The van der Waals surface area contributed by atoms with Gasteiger partial charge in [0.05, 0.1) is 11.9 Å². The number of aromatic nitrogens is 1. The standard InChI is InChI=1S/C19H15F2NO2/c1-12(15-10-14-4-2-3-5-18(14)22-11-15)24-19(23)9-13-6-7-16(20)17(21)8-13/h2-8,10-12H,9H2,1H3/t12-/m0/s1. The van der Waals surface area contributed by atoms with Crippen molar-refractivity contribution in [2.24, 2.45) is 0 Å². The molecule has 0 aliphatic carbocycles. The fourth-order valence-corrected chi connectivity index (χ4v) is 2.43. The van der Waals surface area contributed by atoms with Gasteiger partial charge in [0, 0.05) is 17.1 Å². The van der Waals surface area contributed by atoms with Gasteiger partial charge in [0.1, 0.15) is 6.10 Å². The second-order valence-electron chi connectivity index (χ2n) is 5.52. The Morgan fingerprint density at radius 3 is 2.71 bits per heavy atom. The maximum Gasteiger partial charge on any atom is 0.310 e. The lowest BCUT2D eigenvalue weighted by Crippen LogP contribution is -2.12. The van der Waals surface area contributed by atoms with E-state index in [1.165, 1.54) is 6.07 Å². The average Bonchev–Trinajstić information content (AvgIpc) is 2.57. The Bertz CT molecular complexity index is 895. The first-order valence-corrected chi connectivity index (χ1v) is 7.51. The molecule has 1 atom stereocenters. The lowest BCUT2D eigenvalue weighted by atomic mass is 10.1. The molecule has 3 aromatic rings. The highest BCUT2D eigenvalue weighted by Crippen LogP contribution is 2.21. The topological polar surface area (TPSA) is 39.2 Å². The summed E-state index contributed by atoms with van der Waals surface area (Å²) in [5, 5.41) is 0.957. The van der Waals surface area contributed by atoms with Gasteiger partial charge < -0.3 is 4.74 Å². The van der Waals surface area contributed by atoms with E-state index in [2.05, 4.69) is 4.98 Å². The van der Waals surface area contributed by atoms with E-state index in [1.807, 2.05) is 30.3 Å². The van der Waals surface area contributed by atoms with Crippen LogP contribution in [0.4, 0.5) is 8.78 Å². The summed E-state index contributed by atoms with van der Waals surface area (Å²) in [7, 11) is 0. The molecule has 0 N–H and O–H groups in total. The number of nitrogens with zero attached hydrogens (tertiary/aromatic N) is 1. The third-order valence-electron chi connectivity index (χ3n) is 3.72. The predicted octanol–water partition coefficient (Wildman–Crippen LogP) is 4.36. The Morgan fingerprint density at radius 1 is 1.12 bits per heavy atom. The van der Waals surface area contributed by atoms with Crippen molar-refractivity contribution < 1.29 is 18.3 Å². The van der Waals surface area contributed by atoms with Crippen LogP contribution in [-0.2, 0) is 16.0 Å². The number of hydrogen-bond acceptors (Lipinski definition) is 3. The molecule has 122 valence electrons. The normalized spacial score (nSPS) is 12.1. The zero-order valence-corrected chi connectivity index (χ0v) is 13.0. The number of fused-ring (bicyclic) bond motifs is 1. The molecule has 2 aromatic carbocycles. The zero-order chi connectivity index (χ0) is 17.1. The molecule has 0 spiro atoms. The second kappa shape index (κ2) is 6.74. The van der Waals surface area contributed by atoms with Crippen molar-refractivity contribution in [3.05, 3.63) is 77.5 Å². The third kappa shape index (κ3) is 3.56. The van der Waals surface area contributed by atoms with Gasteiger partial charge in [-0.1, -0.05) is 24.3 Å². The Hall–Kier alpha value is -2.82. The molecule has 0 saturated carbocycles. The minimum Gasteiger partial charge on any atom is -0.457 e. The molecule has 5 heteroatoms. The Morgan fingerprint density at radius 2 is 1.92 bits per heavy atom. The van der Waals surface area contributed by atoms with E-state index in [4.69, 9.17) is 4.74 Å². The molecule has 0 unspecified atom stereocenters. The zero-order valence-electron chi connectivity index (χ0n) is 13.0. The molecule has 0 amide bonds. The predicted molar refractivity (Wildman–Crippen MR) is 86.3 cm³/mol. The van der Waals surface area contributed by atoms with E-state index in [1.54, 1.807) is 13.1 Å².